The van der Waals surface area contributed by atoms with Gasteiger partial charge in [-0.3, -0.25) is 9.88 Å². The molecule has 0 atom stereocenters. The average molecular weight is 422 g/mol. The molecule has 1 aliphatic rings. The Morgan fingerprint density at radius 3 is 2.77 bits per heavy atom. The van der Waals surface area contributed by atoms with E-state index in [9.17, 15) is 4.39 Å². The zero-order chi connectivity index (χ0) is 21.5. The zero-order valence-corrected chi connectivity index (χ0v) is 17.9. The monoisotopic (exact) mass is 421 g/mol. The van der Waals surface area contributed by atoms with Crippen molar-refractivity contribution in [2.24, 2.45) is 0 Å². The van der Waals surface area contributed by atoms with Gasteiger partial charge in [-0.1, -0.05) is 18.2 Å². The van der Waals surface area contributed by atoms with Gasteiger partial charge in [0.2, 0.25) is 0 Å². The number of nitrogens with one attached hydrogen (secondary N) is 1. The summed E-state index contributed by atoms with van der Waals surface area (Å²) in [6.45, 7) is 6.66. The first kappa shape index (κ1) is 21.3. The molecule has 1 N–H and O–H groups in total. The van der Waals surface area contributed by atoms with Gasteiger partial charge in [0.05, 0.1) is 5.69 Å². The standard InChI is InChI=1S/C24H28FN5O/c1-2-31-15-5-13-27-23-20-11-14-30(16-18-7-9-19(25)10-8-18)17-22(20)28-24(29-23)21-6-3-4-12-26-21/h3-4,6-10,12H,2,5,11,13-17H2,1H3,(H,27,28,29). The van der Waals surface area contributed by atoms with Crippen molar-refractivity contribution in [2.75, 3.05) is 31.6 Å². The smallest absolute Gasteiger partial charge is 0.180 e. The van der Waals surface area contributed by atoms with Crippen LogP contribution < -0.4 is 5.32 Å². The maximum absolute atomic E-state index is 13.2. The minimum atomic E-state index is -0.208. The highest BCUT2D eigenvalue weighted by Gasteiger charge is 2.23. The van der Waals surface area contributed by atoms with E-state index in [0.717, 1.165) is 75.0 Å². The summed E-state index contributed by atoms with van der Waals surface area (Å²) in [4.78, 5) is 16.4. The molecule has 4 rings (SSSR count). The number of fused-ring (bicyclic) bond motifs is 1. The van der Waals surface area contributed by atoms with E-state index in [-0.39, 0.29) is 5.82 Å². The molecule has 0 aliphatic carbocycles. The highest BCUT2D eigenvalue weighted by atomic mass is 19.1. The summed E-state index contributed by atoms with van der Waals surface area (Å²) in [7, 11) is 0. The van der Waals surface area contributed by atoms with Crippen molar-refractivity contribution < 1.29 is 9.13 Å². The van der Waals surface area contributed by atoms with E-state index in [1.54, 1.807) is 6.20 Å². The second-order valence-electron chi connectivity index (χ2n) is 7.60. The molecule has 31 heavy (non-hydrogen) atoms. The Balaban J connectivity index is 1.55. The van der Waals surface area contributed by atoms with E-state index in [2.05, 4.69) is 15.2 Å². The number of rotatable bonds is 9. The molecule has 0 saturated carbocycles. The van der Waals surface area contributed by atoms with Gasteiger partial charge in [-0.15, -0.1) is 0 Å². The molecule has 0 fully saturated rings. The highest BCUT2D eigenvalue weighted by Crippen LogP contribution is 2.27. The minimum Gasteiger partial charge on any atom is -0.382 e. The second-order valence-corrected chi connectivity index (χ2v) is 7.60. The molecule has 7 heteroatoms. The summed E-state index contributed by atoms with van der Waals surface area (Å²) < 4.78 is 18.7. The lowest BCUT2D eigenvalue weighted by Gasteiger charge is -2.29. The van der Waals surface area contributed by atoms with Crippen LogP contribution >= 0.6 is 0 Å². The topological polar surface area (TPSA) is 63.2 Å². The Bertz CT molecular complexity index is 981. The fourth-order valence-corrected chi connectivity index (χ4v) is 3.75. The van der Waals surface area contributed by atoms with Gasteiger partial charge in [0, 0.05) is 51.2 Å². The normalized spacial score (nSPS) is 13.7. The van der Waals surface area contributed by atoms with Gasteiger partial charge >= 0.3 is 0 Å². The molecule has 0 saturated heterocycles. The quantitative estimate of drug-likeness (QED) is 0.526. The number of halogens is 1. The van der Waals surface area contributed by atoms with Crippen LogP contribution in [0.15, 0.2) is 48.7 Å². The van der Waals surface area contributed by atoms with Gasteiger partial charge in [0.25, 0.3) is 0 Å². The second kappa shape index (κ2) is 10.4. The third kappa shape index (κ3) is 5.62. The first-order valence-electron chi connectivity index (χ1n) is 10.8. The first-order chi connectivity index (χ1) is 15.2. The Hall–Kier alpha value is -2.90. The predicted molar refractivity (Wildman–Crippen MR) is 119 cm³/mol. The molecule has 0 radical (unpaired) electrons. The molecule has 0 spiro atoms. The number of aromatic nitrogens is 3. The van der Waals surface area contributed by atoms with Crippen LogP contribution in [0, 0.1) is 5.82 Å². The van der Waals surface area contributed by atoms with Crippen LogP contribution in [-0.4, -0.2) is 46.2 Å². The minimum absolute atomic E-state index is 0.208. The summed E-state index contributed by atoms with van der Waals surface area (Å²) in [5.74, 6) is 1.32. The lowest BCUT2D eigenvalue weighted by atomic mass is 10.0. The molecule has 3 heterocycles. The third-order valence-corrected chi connectivity index (χ3v) is 5.32. The Morgan fingerprint density at radius 1 is 1.13 bits per heavy atom. The van der Waals surface area contributed by atoms with Gasteiger partial charge in [-0.2, -0.15) is 0 Å². The fourth-order valence-electron chi connectivity index (χ4n) is 3.75. The van der Waals surface area contributed by atoms with Gasteiger partial charge in [-0.25, -0.2) is 14.4 Å². The number of hydrogen-bond acceptors (Lipinski definition) is 6. The van der Waals surface area contributed by atoms with Crippen LogP contribution in [0.5, 0.6) is 0 Å². The molecule has 1 aromatic carbocycles. The van der Waals surface area contributed by atoms with Crippen molar-refractivity contribution in [3.8, 4) is 11.5 Å². The molecule has 162 valence electrons. The van der Waals surface area contributed by atoms with E-state index in [4.69, 9.17) is 14.7 Å². The maximum atomic E-state index is 13.2. The van der Waals surface area contributed by atoms with Crippen molar-refractivity contribution >= 4 is 5.82 Å². The molecular formula is C24H28FN5O. The molecule has 0 amide bonds. The zero-order valence-electron chi connectivity index (χ0n) is 17.9. The largest absolute Gasteiger partial charge is 0.382 e. The number of ether oxygens (including phenoxy) is 1. The molecule has 0 unspecified atom stereocenters. The van der Waals surface area contributed by atoms with Gasteiger partial charge in [0.1, 0.15) is 17.3 Å². The van der Waals surface area contributed by atoms with Crippen LogP contribution in [0.2, 0.25) is 0 Å². The number of hydrogen-bond donors (Lipinski definition) is 1. The van der Waals surface area contributed by atoms with Crippen LogP contribution in [0.4, 0.5) is 10.2 Å². The lowest BCUT2D eigenvalue weighted by Crippen LogP contribution is -2.32. The number of pyridine rings is 1. The Morgan fingerprint density at radius 2 is 2.00 bits per heavy atom. The number of nitrogens with zero attached hydrogens (tertiary/aromatic N) is 4. The summed E-state index contributed by atoms with van der Waals surface area (Å²) in [5.41, 5.74) is 4.05. The predicted octanol–water partition coefficient (Wildman–Crippen LogP) is 4.07. The molecule has 0 bridgehead atoms. The molecule has 2 aromatic heterocycles. The lowest BCUT2D eigenvalue weighted by molar-refractivity contribution is 0.147. The third-order valence-electron chi connectivity index (χ3n) is 5.32. The van der Waals surface area contributed by atoms with Gasteiger partial charge < -0.3 is 10.1 Å². The summed E-state index contributed by atoms with van der Waals surface area (Å²) in [6, 6.07) is 12.5. The maximum Gasteiger partial charge on any atom is 0.180 e. The van der Waals surface area contributed by atoms with Crippen molar-refractivity contribution in [1.29, 1.82) is 0 Å². The highest BCUT2D eigenvalue weighted by molar-refractivity contribution is 5.57. The molecular weight excluding hydrogens is 393 g/mol. The van der Waals surface area contributed by atoms with Gasteiger partial charge in [0.15, 0.2) is 5.82 Å². The van der Waals surface area contributed by atoms with Crippen LogP contribution in [0.3, 0.4) is 0 Å². The van der Waals surface area contributed by atoms with Crippen molar-refractivity contribution in [3.63, 3.8) is 0 Å². The fraction of sp³-hybridized carbons (Fsp3) is 0.375. The van der Waals surface area contributed by atoms with Gasteiger partial charge in [-0.05, 0) is 49.6 Å². The summed E-state index contributed by atoms with van der Waals surface area (Å²) in [5, 5.41) is 3.49. The van der Waals surface area contributed by atoms with E-state index in [0.29, 0.717) is 5.82 Å². The Kier molecular flexibility index (Phi) is 7.17. The summed E-state index contributed by atoms with van der Waals surface area (Å²) in [6.07, 6.45) is 3.54. The van der Waals surface area contributed by atoms with Crippen LogP contribution in [0.25, 0.3) is 11.5 Å². The van der Waals surface area contributed by atoms with Crippen molar-refractivity contribution in [2.45, 2.75) is 32.9 Å². The van der Waals surface area contributed by atoms with E-state index in [1.165, 1.54) is 17.7 Å². The number of anilines is 1. The van der Waals surface area contributed by atoms with Crippen molar-refractivity contribution in [3.05, 3.63) is 71.3 Å². The van der Waals surface area contributed by atoms with Crippen molar-refractivity contribution in [1.82, 2.24) is 19.9 Å². The molecule has 6 nitrogen and oxygen atoms in total. The molecule has 3 aromatic rings. The van der Waals surface area contributed by atoms with E-state index in [1.807, 2.05) is 37.3 Å². The van der Waals surface area contributed by atoms with E-state index >= 15 is 0 Å². The Labute approximate surface area is 182 Å². The molecule has 1 aliphatic heterocycles. The van der Waals surface area contributed by atoms with Crippen LogP contribution in [0.1, 0.15) is 30.2 Å². The van der Waals surface area contributed by atoms with Crippen LogP contribution in [-0.2, 0) is 24.2 Å². The average Bonchev–Trinajstić information content (AvgIpc) is 2.80. The SMILES string of the molecule is CCOCCCNc1nc(-c2ccccn2)nc2c1CCN(Cc1ccc(F)cc1)C2. The number of benzene rings is 1. The first-order valence-corrected chi connectivity index (χ1v) is 10.8. The van der Waals surface area contributed by atoms with E-state index < -0.39 is 0 Å². The summed E-state index contributed by atoms with van der Waals surface area (Å²) >= 11 is 0.